The van der Waals surface area contributed by atoms with E-state index in [9.17, 15) is 13.2 Å². The van der Waals surface area contributed by atoms with Gasteiger partial charge in [0.15, 0.2) is 11.5 Å². The summed E-state index contributed by atoms with van der Waals surface area (Å²) in [6.45, 7) is 1.92. The van der Waals surface area contributed by atoms with Crippen molar-refractivity contribution in [1.29, 1.82) is 0 Å². The summed E-state index contributed by atoms with van der Waals surface area (Å²) in [4.78, 5) is 12.7. The fraction of sp³-hybridized carbons (Fsp3) is 0.421. The summed E-state index contributed by atoms with van der Waals surface area (Å²) < 4.78 is 43.6. The Kier molecular flexibility index (Phi) is 6.00. The topological polar surface area (TPSA) is 82.1 Å². The quantitative estimate of drug-likeness (QED) is 0.636. The molecule has 0 unspecified atom stereocenters. The number of sulfonamides is 1. The molecular weight excluding hydrogens is 438 g/mol. The molecule has 0 amide bonds. The lowest BCUT2D eigenvalue weighted by Gasteiger charge is -2.15. The van der Waals surface area contributed by atoms with Crippen molar-refractivity contribution in [2.45, 2.75) is 30.8 Å². The van der Waals surface area contributed by atoms with Crippen LogP contribution in [0.3, 0.4) is 0 Å². The minimum Gasteiger partial charge on any atom is -0.489 e. The van der Waals surface area contributed by atoms with Crippen molar-refractivity contribution in [3.63, 3.8) is 0 Å². The summed E-state index contributed by atoms with van der Waals surface area (Å²) in [6, 6.07) is 4.83. The average molecular weight is 458 g/mol. The Hall–Kier alpha value is -1.81. The van der Waals surface area contributed by atoms with Crippen LogP contribution in [0.5, 0.6) is 11.5 Å². The summed E-state index contributed by atoms with van der Waals surface area (Å²) in [5, 5.41) is 1.97. The van der Waals surface area contributed by atoms with Crippen LogP contribution < -0.4 is 9.47 Å². The summed E-state index contributed by atoms with van der Waals surface area (Å²) in [6.07, 6.45) is 2.41. The van der Waals surface area contributed by atoms with Gasteiger partial charge in [0.25, 0.3) is 0 Å². The first-order chi connectivity index (χ1) is 14.0. The van der Waals surface area contributed by atoms with Gasteiger partial charge in [-0.05, 0) is 42.0 Å². The van der Waals surface area contributed by atoms with E-state index in [-0.39, 0.29) is 16.4 Å². The van der Waals surface area contributed by atoms with Gasteiger partial charge in [-0.15, -0.1) is 11.3 Å². The molecule has 1 fully saturated rings. The van der Waals surface area contributed by atoms with Crippen LogP contribution in [-0.2, 0) is 21.4 Å². The largest absolute Gasteiger partial charge is 0.489 e. The number of esters is 1. The Morgan fingerprint density at radius 1 is 1.17 bits per heavy atom. The van der Waals surface area contributed by atoms with Crippen molar-refractivity contribution in [3.8, 4) is 11.5 Å². The van der Waals surface area contributed by atoms with E-state index >= 15 is 0 Å². The van der Waals surface area contributed by atoms with E-state index in [1.807, 2.05) is 0 Å². The molecule has 0 atom stereocenters. The Balaban J connectivity index is 1.50. The summed E-state index contributed by atoms with van der Waals surface area (Å²) >= 11 is 7.32. The van der Waals surface area contributed by atoms with Crippen molar-refractivity contribution in [2.24, 2.45) is 0 Å². The highest BCUT2D eigenvalue weighted by Gasteiger charge is 2.32. The highest BCUT2D eigenvalue weighted by Crippen LogP contribution is 2.38. The second kappa shape index (κ2) is 8.51. The van der Waals surface area contributed by atoms with Crippen molar-refractivity contribution in [2.75, 3.05) is 26.3 Å². The van der Waals surface area contributed by atoms with Gasteiger partial charge in [0.05, 0.1) is 18.2 Å². The van der Waals surface area contributed by atoms with E-state index in [2.05, 4.69) is 0 Å². The smallest absolute Gasteiger partial charge is 0.350 e. The molecule has 0 bridgehead atoms. The molecule has 3 heterocycles. The van der Waals surface area contributed by atoms with Gasteiger partial charge in [-0.1, -0.05) is 11.6 Å². The number of hydrogen-bond acceptors (Lipinski definition) is 7. The number of carbonyl (C=O) groups is 1. The van der Waals surface area contributed by atoms with E-state index in [0.717, 1.165) is 30.6 Å². The minimum absolute atomic E-state index is 0.00564. The molecule has 1 aromatic heterocycles. The second-order valence-corrected chi connectivity index (χ2v) is 9.99. The lowest BCUT2D eigenvalue weighted by Crippen LogP contribution is -2.28. The number of thiophene rings is 1. The van der Waals surface area contributed by atoms with Crippen LogP contribution in [0, 0.1) is 0 Å². The first-order valence-electron chi connectivity index (χ1n) is 9.29. The number of nitrogens with zero attached hydrogens (tertiary/aromatic N) is 1. The molecular formula is C19H20ClNO6S2. The molecule has 0 saturated carbocycles. The maximum Gasteiger partial charge on any atom is 0.350 e. The fourth-order valence-electron chi connectivity index (χ4n) is 3.30. The molecule has 4 rings (SSSR count). The highest BCUT2D eigenvalue weighted by atomic mass is 35.5. The molecule has 156 valence electrons. The number of rotatable bonds is 5. The standard InChI is InChI=1S/C19H20ClNO6S2/c20-14-10-13(11-15-17(14)26-8-3-7-25-15)12-27-19(22)18-16(4-9-28-18)29(23,24)21-5-1-2-6-21/h4,9-11H,1-3,5-8,12H2. The van der Waals surface area contributed by atoms with E-state index in [0.29, 0.717) is 48.4 Å². The predicted molar refractivity (Wildman–Crippen MR) is 108 cm³/mol. The average Bonchev–Trinajstić information content (AvgIpc) is 3.35. The summed E-state index contributed by atoms with van der Waals surface area (Å²) in [7, 11) is -3.69. The van der Waals surface area contributed by atoms with Gasteiger partial charge in [0.1, 0.15) is 16.4 Å². The van der Waals surface area contributed by atoms with Gasteiger partial charge < -0.3 is 14.2 Å². The molecule has 1 aromatic carbocycles. The van der Waals surface area contributed by atoms with Crippen molar-refractivity contribution >= 4 is 38.9 Å². The van der Waals surface area contributed by atoms with Crippen LogP contribution in [0.15, 0.2) is 28.5 Å². The third-order valence-electron chi connectivity index (χ3n) is 4.73. The monoisotopic (exact) mass is 457 g/mol. The molecule has 7 nitrogen and oxygen atoms in total. The molecule has 10 heteroatoms. The van der Waals surface area contributed by atoms with Crippen LogP contribution in [0.4, 0.5) is 0 Å². The number of ether oxygens (including phenoxy) is 3. The van der Waals surface area contributed by atoms with Gasteiger partial charge >= 0.3 is 5.97 Å². The van der Waals surface area contributed by atoms with Crippen molar-refractivity contribution in [3.05, 3.63) is 39.0 Å². The van der Waals surface area contributed by atoms with Gasteiger partial charge in [-0.3, -0.25) is 0 Å². The molecule has 2 aliphatic rings. The molecule has 0 spiro atoms. The molecule has 2 aliphatic heterocycles. The SMILES string of the molecule is O=C(OCc1cc(Cl)c2c(c1)OCCCO2)c1sccc1S(=O)(=O)N1CCCC1. The van der Waals surface area contributed by atoms with Gasteiger partial charge in [-0.25, -0.2) is 13.2 Å². The molecule has 0 radical (unpaired) electrons. The van der Waals surface area contributed by atoms with Crippen molar-refractivity contribution < 1.29 is 27.4 Å². The zero-order chi connectivity index (χ0) is 20.4. The Morgan fingerprint density at radius 3 is 2.72 bits per heavy atom. The third kappa shape index (κ3) is 4.23. The zero-order valence-corrected chi connectivity index (χ0v) is 17.9. The first kappa shape index (κ1) is 20.5. The normalized spacial score (nSPS) is 17.1. The van der Waals surface area contributed by atoms with Crippen LogP contribution in [-0.4, -0.2) is 45.0 Å². The maximum atomic E-state index is 12.8. The summed E-state index contributed by atoms with van der Waals surface area (Å²) in [5.41, 5.74) is 0.633. The second-order valence-electron chi connectivity index (χ2n) is 6.76. The third-order valence-corrected chi connectivity index (χ3v) is 7.97. The van der Waals surface area contributed by atoms with E-state index in [4.69, 9.17) is 25.8 Å². The number of halogens is 1. The number of hydrogen-bond donors (Lipinski definition) is 0. The van der Waals surface area contributed by atoms with Gasteiger partial charge in [0, 0.05) is 19.5 Å². The van der Waals surface area contributed by atoms with Crippen LogP contribution >= 0.6 is 22.9 Å². The number of benzene rings is 1. The van der Waals surface area contributed by atoms with Crippen LogP contribution in [0.2, 0.25) is 5.02 Å². The minimum atomic E-state index is -3.69. The van der Waals surface area contributed by atoms with Crippen LogP contribution in [0.1, 0.15) is 34.5 Å². The number of carbonyl (C=O) groups excluding carboxylic acids is 1. The van der Waals surface area contributed by atoms with E-state index in [1.165, 1.54) is 10.4 Å². The molecule has 2 aromatic rings. The zero-order valence-electron chi connectivity index (χ0n) is 15.6. The van der Waals surface area contributed by atoms with Gasteiger partial charge in [0.2, 0.25) is 10.0 Å². The van der Waals surface area contributed by atoms with E-state index in [1.54, 1.807) is 17.5 Å². The van der Waals surface area contributed by atoms with Crippen molar-refractivity contribution in [1.82, 2.24) is 4.31 Å². The lowest BCUT2D eigenvalue weighted by atomic mass is 10.2. The van der Waals surface area contributed by atoms with Crippen LogP contribution in [0.25, 0.3) is 0 Å². The number of fused-ring (bicyclic) bond motifs is 1. The molecule has 1 saturated heterocycles. The van der Waals surface area contributed by atoms with E-state index < -0.39 is 16.0 Å². The molecule has 0 N–H and O–H groups in total. The lowest BCUT2D eigenvalue weighted by molar-refractivity contribution is 0.0474. The molecule has 29 heavy (non-hydrogen) atoms. The van der Waals surface area contributed by atoms with Gasteiger partial charge in [-0.2, -0.15) is 4.31 Å². The Morgan fingerprint density at radius 2 is 1.93 bits per heavy atom. The summed E-state index contributed by atoms with van der Waals surface area (Å²) in [5.74, 6) is 0.312. The highest BCUT2D eigenvalue weighted by molar-refractivity contribution is 7.89. The Labute approximate surface area is 178 Å². The predicted octanol–water partition coefficient (Wildman–Crippen LogP) is 3.70. The maximum absolute atomic E-state index is 12.8. The fourth-order valence-corrected chi connectivity index (χ4v) is 6.39. The first-order valence-corrected chi connectivity index (χ1v) is 12.0. The molecule has 0 aliphatic carbocycles. The Bertz CT molecular complexity index is 1010.